The van der Waals surface area contributed by atoms with Gasteiger partial charge in [-0.1, -0.05) is 11.6 Å². The van der Waals surface area contributed by atoms with Crippen molar-refractivity contribution in [3.05, 3.63) is 57.2 Å². The second-order valence-corrected chi connectivity index (χ2v) is 4.39. The number of carbonyl (C=O) groups is 1. The van der Waals surface area contributed by atoms with E-state index in [4.69, 9.17) is 11.6 Å². The van der Waals surface area contributed by atoms with Crippen LogP contribution in [0.1, 0.15) is 15.9 Å². The summed E-state index contributed by atoms with van der Waals surface area (Å²) in [6.07, 6.45) is 0. The maximum Gasteiger partial charge on any atom is 0.251 e. The van der Waals surface area contributed by atoms with E-state index in [-0.39, 0.29) is 5.91 Å². The number of halogens is 1. The zero-order chi connectivity index (χ0) is 11.4. The molecule has 0 aliphatic heterocycles. The first-order chi connectivity index (χ1) is 7.75. The normalized spacial score (nSPS) is 10.1. The number of benzene rings is 1. The minimum Gasteiger partial charge on any atom is -0.348 e. The molecular weight excluding hydrogens is 242 g/mol. The molecule has 1 N–H and O–H groups in total. The van der Waals surface area contributed by atoms with E-state index in [1.165, 1.54) is 11.3 Å². The Bertz CT molecular complexity index is 464. The van der Waals surface area contributed by atoms with Crippen LogP contribution in [0.25, 0.3) is 0 Å². The van der Waals surface area contributed by atoms with Gasteiger partial charge in [0.25, 0.3) is 5.91 Å². The van der Waals surface area contributed by atoms with Crippen LogP contribution in [0.5, 0.6) is 0 Å². The van der Waals surface area contributed by atoms with Crippen LogP contribution in [0.3, 0.4) is 0 Å². The first kappa shape index (κ1) is 11.2. The number of hydrogen-bond donors (Lipinski definition) is 1. The average molecular weight is 251 g/mol. The van der Waals surface area contributed by atoms with Gasteiger partial charge in [-0.25, -0.2) is 0 Å². The van der Waals surface area contributed by atoms with Crippen molar-refractivity contribution < 1.29 is 4.79 Å². The summed E-state index contributed by atoms with van der Waals surface area (Å²) in [5, 5.41) is 8.43. The van der Waals surface area contributed by atoms with Crippen LogP contribution >= 0.6 is 22.9 Å². The van der Waals surface area contributed by atoms with E-state index in [2.05, 4.69) is 10.7 Å². The lowest BCUT2D eigenvalue weighted by atomic mass is 10.2. The summed E-state index contributed by atoms with van der Waals surface area (Å²) in [6, 6.07) is 8.75. The second-order valence-electron chi connectivity index (χ2n) is 3.24. The molecule has 0 aliphatic rings. The van der Waals surface area contributed by atoms with Crippen LogP contribution in [0.4, 0.5) is 0 Å². The monoisotopic (exact) mass is 250 g/mol. The highest BCUT2D eigenvalue weighted by Crippen LogP contribution is 2.10. The van der Waals surface area contributed by atoms with Gasteiger partial charge < -0.3 is 5.32 Å². The van der Waals surface area contributed by atoms with Gasteiger partial charge >= 0.3 is 0 Å². The fourth-order valence-electron chi connectivity index (χ4n) is 1.23. The van der Waals surface area contributed by atoms with E-state index in [1.54, 1.807) is 24.3 Å². The lowest BCUT2D eigenvalue weighted by Crippen LogP contribution is -2.22. The third-order valence-electron chi connectivity index (χ3n) is 2.07. The van der Waals surface area contributed by atoms with Gasteiger partial charge in [0.05, 0.1) is 0 Å². The van der Waals surface area contributed by atoms with Gasteiger partial charge in [0, 0.05) is 22.5 Å². The molecule has 1 aromatic carbocycles. The Labute approximate surface area is 103 Å². The van der Waals surface area contributed by atoms with Crippen molar-refractivity contribution in [2.24, 2.45) is 0 Å². The first-order valence-corrected chi connectivity index (χ1v) is 5.99. The number of thiophene rings is 1. The Morgan fingerprint density at radius 3 is 2.69 bits per heavy atom. The summed E-state index contributed by atoms with van der Waals surface area (Å²) < 4.78 is 0. The molecule has 1 heterocycles. The Morgan fingerprint density at radius 2 is 2.06 bits per heavy atom. The van der Waals surface area contributed by atoms with E-state index in [0.717, 1.165) is 5.56 Å². The van der Waals surface area contributed by atoms with Crippen LogP contribution in [0.15, 0.2) is 35.7 Å². The third kappa shape index (κ3) is 2.84. The van der Waals surface area contributed by atoms with Crippen molar-refractivity contribution in [1.82, 2.24) is 5.32 Å². The van der Waals surface area contributed by atoms with Crippen molar-refractivity contribution in [2.45, 2.75) is 6.54 Å². The molecule has 0 saturated carbocycles. The Balaban J connectivity index is 1.95. The molecule has 4 heteroatoms. The van der Waals surface area contributed by atoms with Crippen molar-refractivity contribution in [2.75, 3.05) is 0 Å². The summed E-state index contributed by atoms with van der Waals surface area (Å²) in [6.45, 7) is 0.505. The summed E-state index contributed by atoms with van der Waals surface area (Å²) in [5.74, 6) is -0.101. The molecule has 81 valence electrons. The van der Waals surface area contributed by atoms with Gasteiger partial charge in [-0.05, 0) is 41.3 Å². The zero-order valence-electron chi connectivity index (χ0n) is 8.37. The van der Waals surface area contributed by atoms with E-state index in [0.29, 0.717) is 17.1 Å². The molecule has 2 rings (SSSR count). The Hall–Kier alpha value is -1.32. The molecule has 16 heavy (non-hydrogen) atoms. The Morgan fingerprint density at radius 1 is 1.31 bits per heavy atom. The standard InChI is InChI=1S/C12H9ClNOS/c13-11-3-1-10(2-4-11)12(15)14-7-9-5-6-16-8-9/h1-6H,7H2,(H,14,15). The van der Waals surface area contributed by atoms with Gasteiger partial charge in [0.15, 0.2) is 0 Å². The molecule has 0 fully saturated rings. The Kier molecular flexibility index (Phi) is 3.59. The van der Waals surface area contributed by atoms with Gasteiger partial charge in [-0.3, -0.25) is 4.79 Å². The molecule has 2 aromatic rings. The highest BCUT2D eigenvalue weighted by molar-refractivity contribution is 7.07. The van der Waals surface area contributed by atoms with Gasteiger partial charge in [0.2, 0.25) is 0 Å². The van der Waals surface area contributed by atoms with Crippen LogP contribution in [0, 0.1) is 5.38 Å². The number of rotatable bonds is 3. The lowest BCUT2D eigenvalue weighted by molar-refractivity contribution is 0.0951. The van der Waals surface area contributed by atoms with E-state index in [1.807, 2.05) is 11.4 Å². The third-order valence-corrected chi connectivity index (χ3v) is 2.98. The average Bonchev–Trinajstić information content (AvgIpc) is 2.80. The van der Waals surface area contributed by atoms with Gasteiger partial charge in [-0.15, -0.1) is 11.3 Å². The molecule has 2 nitrogen and oxygen atoms in total. The minimum atomic E-state index is -0.101. The smallest absolute Gasteiger partial charge is 0.251 e. The molecule has 1 radical (unpaired) electrons. The largest absolute Gasteiger partial charge is 0.348 e. The lowest BCUT2D eigenvalue weighted by Gasteiger charge is -2.03. The predicted molar refractivity (Wildman–Crippen MR) is 65.8 cm³/mol. The SMILES string of the molecule is O=C(NCc1[c]scc1)c1ccc(Cl)cc1. The van der Waals surface area contributed by atoms with Crippen LogP contribution < -0.4 is 5.32 Å². The fraction of sp³-hybridized carbons (Fsp3) is 0.0833. The predicted octanol–water partition coefficient (Wildman–Crippen LogP) is 3.13. The topological polar surface area (TPSA) is 29.1 Å². The van der Waals surface area contributed by atoms with Crippen LogP contribution in [-0.2, 0) is 6.54 Å². The first-order valence-electron chi connectivity index (χ1n) is 4.73. The molecular formula is C12H9ClNOS. The summed E-state index contributed by atoms with van der Waals surface area (Å²) in [7, 11) is 0. The summed E-state index contributed by atoms with van der Waals surface area (Å²) >= 11 is 7.23. The maximum absolute atomic E-state index is 11.7. The minimum absolute atomic E-state index is 0.101. The summed E-state index contributed by atoms with van der Waals surface area (Å²) in [5.41, 5.74) is 1.60. The van der Waals surface area contributed by atoms with E-state index in [9.17, 15) is 4.79 Å². The quantitative estimate of drug-likeness (QED) is 0.891. The van der Waals surface area contributed by atoms with Gasteiger partial charge in [-0.2, -0.15) is 0 Å². The number of nitrogens with one attached hydrogen (secondary N) is 1. The van der Waals surface area contributed by atoms with Gasteiger partial charge in [0.1, 0.15) is 0 Å². The molecule has 0 bridgehead atoms. The number of hydrogen-bond acceptors (Lipinski definition) is 2. The van der Waals surface area contributed by atoms with Crippen molar-refractivity contribution in [3.63, 3.8) is 0 Å². The van der Waals surface area contributed by atoms with Crippen LogP contribution in [0.2, 0.25) is 5.02 Å². The van der Waals surface area contributed by atoms with Crippen molar-refractivity contribution in [3.8, 4) is 0 Å². The highest BCUT2D eigenvalue weighted by Gasteiger charge is 2.04. The zero-order valence-corrected chi connectivity index (χ0v) is 9.94. The molecule has 0 aliphatic carbocycles. The summed E-state index contributed by atoms with van der Waals surface area (Å²) in [4.78, 5) is 11.7. The molecule has 0 saturated heterocycles. The maximum atomic E-state index is 11.7. The highest BCUT2D eigenvalue weighted by atomic mass is 35.5. The second kappa shape index (κ2) is 5.14. The van der Waals surface area contributed by atoms with Crippen molar-refractivity contribution >= 4 is 28.8 Å². The molecule has 1 amide bonds. The van der Waals surface area contributed by atoms with E-state index < -0.39 is 0 Å². The van der Waals surface area contributed by atoms with Crippen LogP contribution in [-0.4, -0.2) is 5.91 Å². The molecule has 0 atom stereocenters. The molecule has 0 unspecified atom stereocenters. The fourth-order valence-corrected chi connectivity index (χ4v) is 1.95. The number of amides is 1. The van der Waals surface area contributed by atoms with Crippen molar-refractivity contribution in [1.29, 1.82) is 0 Å². The van der Waals surface area contributed by atoms with E-state index >= 15 is 0 Å². The molecule has 1 aromatic heterocycles. The molecule has 0 spiro atoms. The number of carbonyl (C=O) groups excluding carboxylic acids is 1.